The lowest BCUT2D eigenvalue weighted by molar-refractivity contribution is -0.270. The van der Waals surface area contributed by atoms with Crippen molar-refractivity contribution in [2.75, 3.05) is 13.2 Å². The Morgan fingerprint density at radius 3 is 2.50 bits per heavy atom. The molecule has 0 amide bonds. The first-order valence-electron chi connectivity index (χ1n) is 5.84. The van der Waals surface area contributed by atoms with Crippen LogP contribution in [0.3, 0.4) is 0 Å². The van der Waals surface area contributed by atoms with Crippen molar-refractivity contribution in [3.05, 3.63) is 12.2 Å². The fourth-order valence-corrected chi connectivity index (χ4v) is 3.04. The maximum absolute atomic E-state index is 11.4. The molecule has 90 valence electrons. The zero-order valence-electron chi connectivity index (χ0n) is 9.68. The van der Waals surface area contributed by atoms with Gasteiger partial charge in [0, 0.05) is 19.1 Å². The number of allylic oxidation sites excluding steroid dienone is 1. The number of rotatable bonds is 5. The number of fused-ring (bicyclic) bond motifs is 2. The van der Waals surface area contributed by atoms with Crippen LogP contribution in [0.1, 0.15) is 20.3 Å². The molecule has 0 spiro atoms. The summed E-state index contributed by atoms with van der Waals surface area (Å²) in [6.45, 7) is 4.69. The number of carboxylic acids is 1. The topological polar surface area (TPSA) is 55.8 Å². The largest absolute Gasteiger partial charge is 0.481 e. The van der Waals surface area contributed by atoms with Crippen LogP contribution in [0.2, 0.25) is 0 Å². The van der Waals surface area contributed by atoms with Gasteiger partial charge >= 0.3 is 5.97 Å². The van der Waals surface area contributed by atoms with Crippen LogP contribution in [0.25, 0.3) is 0 Å². The minimum Gasteiger partial charge on any atom is -0.481 e. The van der Waals surface area contributed by atoms with Gasteiger partial charge in [0.2, 0.25) is 0 Å². The normalized spacial score (nSPS) is 34.5. The number of hydrogen-bond donors (Lipinski definition) is 1. The van der Waals surface area contributed by atoms with Crippen LogP contribution in [0.4, 0.5) is 0 Å². The molecule has 0 aliphatic heterocycles. The molecule has 2 aliphatic carbocycles. The van der Waals surface area contributed by atoms with Crippen LogP contribution in [-0.4, -0.2) is 30.1 Å². The lowest BCUT2D eigenvalue weighted by Gasteiger charge is -2.38. The van der Waals surface area contributed by atoms with Crippen LogP contribution < -0.4 is 0 Å². The highest BCUT2D eigenvalue weighted by Gasteiger charge is 2.61. The number of hydrogen-bond acceptors (Lipinski definition) is 3. The Labute approximate surface area is 95.2 Å². The van der Waals surface area contributed by atoms with E-state index >= 15 is 0 Å². The third kappa shape index (κ3) is 1.48. The van der Waals surface area contributed by atoms with E-state index in [9.17, 15) is 9.90 Å². The summed E-state index contributed by atoms with van der Waals surface area (Å²) in [5.41, 5.74) is 0. The van der Waals surface area contributed by atoms with Crippen LogP contribution in [0.15, 0.2) is 12.2 Å². The average molecular weight is 226 g/mol. The monoisotopic (exact) mass is 226 g/mol. The molecular weight excluding hydrogens is 208 g/mol. The van der Waals surface area contributed by atoms with E-state index in [-0.39, 0.29) is 11.8 Å². The minimum atomic E-state index is -0.936. The van der Waals surface area contributed by atoms with Crippen molar-refractivity contribution in [2.24, 2.45) is 17.8 Å². The second-order valence-corrected chi connectivity index (χ2v) is 4.29. The molecular formula is C12H18O4. The third-order valence-corrected chi connectivity index (χ3v) is 3.50. The molecule has 4 nitrogen and oxygen atoms in total. The first-order valence-corrected chi connectivity index (χ1v) is 5.84. The summed E-state index contributed by atoms with van der Waals surface area (Å²) in [6.07, 6.45) is 4.85. The molecule has 2 aliphatic rings. The van der Waals surface area contributed by atoms with Gasteiger partial charge < -0.3 is 14.6 Å². The van der Waals surface area contributed by atoms with Crippen molar-refractivity contribution in [3.63, 3.8) is 0 Å². The van der Waals surface area contributed by atoms with Crippen molar-refractivity contribution in [2.45, 2.75) is 26.1 Å². The quantitative estimate of drug-likeness (QED) is 0.572. The zero-order chi connectivity index (χ0) is 11.8. The van der Waals surface area contributed by atoms with Crippen LogP contribution in [-0.2, 0) is 14.3 Å². The average Bonchev–Trinajstić information content (AvgIpc) is 2.76. The molecule has 0 saturated heterocycles. The van der Waals surface area contributed by atoms with Gasteiger partial charge in [-0.15, -0.1) is 0 Å². The van der Waals surface area contributed by atoms with E-state index in [0.717, 1.165) is 6.42 Å². The van der Waals surface area contributed by atoms with E-state index in [1.807, 2.05) is 26.0 Å². The molecule has 1 N–H and O–H groups in total. The van der Waals surface area contributed by atoms with E-state index in [1.54, 1.807) is 0 Å². The SMILES string of the molecule is CCOC1(OCC)C2C=CC(C2)C1C(=O)O. The van der Waals surface area contributed by atoms with Gasteiger partial charge in [0.25, 0.3) is 0 Å². The van der Waals surface area contributed by atoms with Crippen molar-refractivity contribution in [3.8, 4) is 0 Å². The van der Waals surface area contributed by atoms with Gasteiger partial charge in [0.05, 0.1) is 0 Å². The maximum Gasteiger partial charge on any atom is 0.312 e. The van der Waals surface area contributed by atoms with Crippen molar-refractivity contribution in [1.29, 1.82) is 0 Å². The van der Waals surface area contributed by atoms with E-state index in [1.165, 1.54) is 0 Å². The number of aliphatic carboxylic acids is 1. The third-order valence-electron chi connectivity index (χ3n) is 3.50. The molecule has 4 heteroatoms. The van der Waals surface area contributed by atoms with Gasteiger partial charge in [0.15, 0.2) is 5.79 Å². The molecule has 2 bridgehead atoms. The molecule has 1 fully saturated rings. The van der Waals surface area contributed by atoms with Gasteiger partial charge in [-0.3, -0.25) is 4.79 Å². The Kier molecular flexibility index (Phi) is 3.04. The van der Waals surface area contributed by atoms with Gasteiger partial charge in [-0.1, -0.05) is 12.2 Å². The van der Waals surface area contributed by atoms with E-state index in [4.69, 9.17) is 9.47 Å². The predicted octanol–water partition coefficient (Wildman–Crippen LogP) is 1.66. The molecule has 2 rings (SSSR count). The van der Waals surface area contributed by atoms with Crippen LogP contribution in [0, 0.1) is 17.8 Å². The second-order valence-electron chi connectivity index (χ2n) is 4.29. The van der Waals surface area contributed by atoms with Crippen LogP contribution in [0.5, 0.6) is 0 Å². The van der Waals surface area contributed by atoms with Crippen LogP contribution >= 0.6 is 0 Å². The van der Waals surface area contributed by atoms with Crippen molar-refractivity contribution in [1.82, 2.24) is 0 Å². The zero-order valence-corrected chi connectivity index (χ0v) is 9.68. The van der Waals surface area contributed by atoms with Gasteiger partial charge in [-0.25, -0.2) is 0 Å². The molecule has 0 aromatic carbocycles. The minimum absolute atomic E-state index is 0.0561. The molecule has 0 aromatic rings. The molecule has 16 heavy (non-hydrogen) atoms. The fourth-order valence-electron chi connectivity index (χ4n) is 3.04. The maximum atomic E-state index is 11.4. The second kappa shape index (κ2) is 4.18. The Morgan fingerprint density at radius 2 is 2.00 bits per heavy atom. The molecule has 0 heterocycles. The number of carbonyl (C=O) groups is 1. The highest BCUT2D eigenvalue weighted by Crippen LogP contribution is 2.53. The van der Waals surface area contributed by atoms with Gasteiger partial charge in [-0.05, 0) is 26.2 Å². The van der Waals surface area contributed by atoms with Gasteiger partial charge in [0.1, 0.15) is 5.92 Å². The summed E-state index contributed by atoms with van der Waals surface area (Å²) in [7, 11) is 0. The molecule has 1 saturated carbocycles. The summed E-state index contributed by atoms with van der Waals surface area (Å²) >= 11 is 0. The first kappa shape index (κ1) is 11.6. The number of ether oxygens (including phenoxy) is 2. The molecule has 0 aromatic heterocycles. The summed E-state index contributed by atoms with van der Waals surface area (Å²) in [4.78, 5) is 11.4. The Bertz CT molecular complexity index is 304. The first-order chi connectivity index (χ1) is 7.65. The van der Waals surface area contributed by atoms with E-state index in [2.05, 4.69) is 0 Å². The summed E-state index contributed by atoms with van der Waals surface area (Å²) in [6, 6.07) is 0. The Morgan fingerprint density at radius 1 is 1.38 bits per heavy atom. The Hall–Kier alpha value is -0.870. The van der Waals surface area contributed by atoms with Gasteiger partial charge in [-0.2, -0.15) is 0 Å². The summed E-state index contributed by atoms with van der Waals surface area (Å²) in [5.74, 6) is -2.19. The lowest BCUT2D eigenvalue weighted by Crippen LogP contribution is -2.50. The highest BCUT2D eigenvalue weighted by atomic mass is 16.7. The standard InChI is InChI=1S/C12H18O4/c1-3-15-12(16-4-2)9-6-5-8(7-9)10(12)11(13)14/h5-6,8-10H,3-4,7H2,1-2H3,(H,13,14). The molecule has 0 radical (unpaired) electrons. The van der Waals surface area contributed by atoms with E-state index in [0.29, 0.717) is 13.2 Å². The molecule has 3 unspecified atom stereocenters. The highest BCUT2D eigenvalue weighted by molar-refractivity contribution is 5.73. The van der Waals surface area contributed by atoms with Crippen molar-refractivity contribution >= 4 is 5.97 Å². The molecule has 3 atom stereocenters. The predicted molar refractivity (Wildman–Crippen MR) is 57.8 cm³/mol. The fraction of sp³-hybridized carbons (Fsp3) is 0.750. The summed E-state index contributed by atoms with van der Waals surface area (Å²) in [5, 5.41) is 9.33. The number of carboxylic acid groups (broad SMARTS) is 1. The Balaban J connectivity index is 2.33. The van der Waals surface area contributed by atoms with Crippen molar-refractivity contribution < 1.29 is 19.4 Å². The van der Waals surface area contributed by atoms with E-state index < -0.39 is 17.7 Å². The smallest absolute Gasteiger partial charge is 0.312 e. The summed E-state index contributed by atoms with van der Waals surface area (Å²) < 4.78 is 11.4. The lowest BCUT2D eigenvalue weighted by atomic mass is 9.87.